The molecule has 1 saturated carbocycles. The zero-order valence-corrected chi connectivity index (χ0v) is 12.4. The Balaban J connectivity index is 1.63. The Morgan fingerprint density at radius 2 is 1.85 bits per heavy atom. The van der Waals surface area contributed by atoms with Crippen LogP contribution in [0.15, 0.2) is 24.3 Å². The van der Waals surface area contributed by atoms with Gasteiger partial charge < -0.3 is 5.32 Å². The highest BCUT2D eigenvalue weighted by Crippen LogP contribution is 2.41. The Kier molecular flexibility index (Phi) is 3.53. The Labute approximate surface area is 122 Å². The molecule has 2 aliphatic heterocycles. The van der Waals surface area contributed by atoms with Crippen LogP contribution >= 0.6 is 0 Å². The summed E-state index contributed by atoms with van der Waals surface area (Å²) in [4.78, 5) is 2.83. The molecule has 1 aromatic rings. The number of hydrogen-bond donors (Lipinski definition) is 1. The molecular formula is C18H26N2. The average molecular weight is 270 g/mol. The Hall–Kier alpha value is -0.860. The van der Waals surface area contributed by atoms with Crippen molar-refractivity contribution in [1.82, 2.24) is 10.2 Å². The van der Waals surface area contributed by atoms with Gasteiger partial charge in [-0.25, -0.2) is 0 Å². The summed E-state index contributed by atoms with van der Waals surface area (Å²) in [6.45, 7) is 5.05. The van der Waals surface area contributed by atoms with Crippen molar-refractivity contribution in [3.63, 3.8) is 0 Å². The normalized spacial score (nSPS) is 28.3. The zero-order valence-electron chi connectivity index (χ0n) is 12.4. The summed E-state index contributed by atoms with van der Waals surface area (Å²) in [7, 11) is 0. The largest absolute Gasteiger partial charge is 0.317 e. The second-order valence-electron chi connectivity index (χ2n) is 6.92. The Morgan fingerprint density at radius 3 is 2.65 bits per heavy atom. The molecule has 1 N–H and O–H groups in total. The molecule has 1 unspecified atom stereocenters. The molecule has 1 atom stereocenters. The van der Waals surface area contributed by atoms with Gasteiger partial charge >= 0.3 is 0 Å². The molecule has 0 radical (unpaired) electrons. The summed E-state index contributed by atoms with van der Waals surface area (Å²) in [5.41, 5.74) is 3.26. The van der Waals surface area contributed by atoms with Crippen LogP contribution < -0.4 is 5.32 Å². The lowest BCUT2D eigenvalue weighted by Crippen LogP contribution is -2.43. The molecule has 2 heteroatoms. The summed E-state index contributed by atoms with van der Waals surface area (Å²) in [5.74, 6) is 1.86. The van der Waals surface area contributed by atoms with Gasteiger partial charge in [-0.1, -0.05) is 24.3 Å². The molecule has 108 valence electrons. The SMILES string of the molecule is c1ccc2c(c1)CCN(CC1CC1)C2C1CCNCC1. The van der Waals surface area contributed by atoms with Gasteiger partial charge in [0.25, 0.3) is 0 Å². The maximum atomic E-state index is 3.53. The highest BCUT2D eigenvalue weighted by atomic mass is 15.2. The van der Waals surface area contributed by atoms with Gasteiger partial charge in [0, 0.05) is 19.1 Å². The molecule has 1 saturated heterocycles. The molecule has 2 heterocycles. The standard InChI is InChI=1S/C18H26N2/c1-2-4-17-15(3-1)9-12-20(13-14-5-6-14)18(17)16-7-10-19-11-8-16/h1-4,14,16,18-19H,5-13H2. The highest BCUT2D eigenvalue weighted by Gasteiger charge is 2.36. The number of rotatable bonds is 3. The Bertz CT molecular complexity index is 460. The second-order valence-corrected chi connectivity index (χ2v) is 6.92. The number of hydrogen-bond acceptors (Lipinski definition) is 2. The van der Waals surface area contributed by atoms with Crippen molar-refractivity contribution in [2.24, 2.45) is 11.8 Å². The summed E-state index contributed by atoms with van der Waals surface area (Å²) < 4.78 is 0. The van der Waals surface area contributed by atoms with Gasteiger partial charge in [-0.3, -0.25) is 4.90 Å². The van der Waals surface area contributed by atoms with Crippen molar-refractivity contribution in [3.8, 4) is 0 Å². The molecule has 2 fully saturated rings. The molecule has 1 aromatic carbocycles. The van der Waals surface area contributed by atoms with Crippen molar-refractivity contribution in [1.29, 1.82) is 0 Å². The molecular weight excluding hydrogens is 244 g/mol. The van der Waals surface area contributed by atoms with Gasteiger partial charge in [-0.2, -0.15) is 0 Å². The lowest BCUT2D eigenvalue weighted by Gasteiger charge is -2.43. The fourth-order valence-corrected chi connectivity index (χ4v) is 4.20. The molecule has 20 heavy (non-hydrogen) atoms. The quantitative estimate of drug-likeness (QED) is 0.908. The fourth-order valence-electron chi connectivity index (χ4n) is 4.20. The van der Waals surface area contributed by atoms with Gasteiger partial charge in [-0.05, 0) is 68.2 Å². The maximum absolute atomic E-state index is 3.53. The van der Waals surface area contributed by atoms with Crippen molar-refractivity contribution in [2.45, 2.75) is 38.1 Å². The molecule has 0 spiro atoms. The van der Waals surface area contributed by atoms with E-state index in [2.05, 4.69) is 34.5 Å². The minimum Gasteiger partial charge on any atom is -0.317 e. The van der Waals surface area contributed by atoms with Crippen LogP contribution in [0.1, 0.15) is 42.9 Å². The lowest BCUT2D eigenvalue weighted by atomic mass is 9.80. The van der Waals surface area contributed by atoms with Gasteiger partial charge in [0.15, 0.2) is 0 Å². The van der Waals surface area contributed by atoms with E-state index in [-0.39, 0.29) is 0 Å². The number of piperidine rings is 1. The van der Waals surface area contributed by atoms with E-state index in [9.17, 15) is 0 Å². The maximum Gasteiger partial charge on any atom is 0.0380 e. The van der Waals surface area contributed by atoms with Gasteiger partial charge in [0.05, 0.1) is 0 Å². The fraction of sp³-hybridized carbons (Fsp3) is 0.667. The molecule has 0 aromatic heterocycles. The molecule has 0 bridgehead atoms. The molecule has 2 nitrogen and oxygen atoms in total. The molecule has 0 amide bonds. The van der Waals surface area contributed by atoms with E-state index < -0.39 is 0 Å². The predicted octanol–water partition coefficient (Wildman–Crippen LogP) is 3.00. The van der Waals surface area contributed by atoms with E-state index in [4.69, 9.17) is 0 Å². The Morgan fingerprint density at radius 1 is 1.05 bits per heavy atom. The highest BCUT2D eigenvalue weighted by molar-refractivity contribution is 5.33. The first-order chi connectivity index (χ1) is 9.92. The zero-order chi connectivity index (χ0) is 13.4. The van der Waals surface area contributed by atoms with Crippen LogP contribution in [-0.4, -0.2) is 31.1 Å². The van der Waals surface area contributed by atoms with Crippen LogP contribution in [0.25, 0.3) is 0 Å². The van der Waals surface area contributed by atoms with E-state index in [0.717, 1.165) is 11.8 Å². The average Bonchev–Trinajstić information content (AvgIpc) is 3.32. The van der Waals surface area contributed by atoms with Crippen molar-refractivity contribution in [3.05, 3.63) is 35.4 Å². The number of nitrogens with zero attached hydrogens (tertiary/aromatic N) is 1. The first-order valence-electron chi connectivity index (χ1n) is 8.44. The van der Waals surface area contributed by atoms with Crippen molar-refractivity contribution in [2.75, 3.05) is 26.2 Å². The van der Waals surface area contributed by atoms with E-state index in [1.807, 2.05) is 0 Å². The van der Waals surface area contributed by atoms with E-state index in [1.165, 1.54) is 58.3 Å². The first kappa shape index (κ1) is 12.8. The monoisotopic (exact) mass is 270 g/mol. The third-order valence-electron chi connectivity index (χ3n) is 5.46. The third kappa shape index (κ3) is 2.51. The number of nitrogens with one attached hydrogen (secondary N) is 1. The minimum atomic E-state index is 0.697. The predicted molar refractivity (Wildman–Crippen MR) is 82.8 cm³/mol. The van der Waals surface area contributed by atoms with Crippen LogP contribution in [0.2, 0.25) is 0 Å². The molecule has 4 rings (SSSR count). The van der Waals surface area contributed by atoms with Gasteiger partial charge in [0.1, 0.15) is 0 Å². The van der Waals surface area contributed by atoms with Crippen molar-refractivity contribution >= 4 is 0 Å². The van der Waals surface area contributed by atoms with Crippen molar-refractivity contribution < 1.29 is 0 Å². The van der Waals surface area contributed by atoms with Crippen LogP contribution in [0.4, 0.5) is 0 Å². The van der Waals surface area contributed by atoms with E-state index in [0.29, 0.717) is 6.04 Å². The second kappa shape index (κ2) is 5.50. The van der Waals surface area contributed by atoms with Crippen LogP contribution in [0.3, 0.4) is 0 Å². The smallest absolute Gasteiger partial charge is 0.0380 e. The summed E-state index contributed by atoms with van der Waals surface area (Å²) in [6.07, 6.45) is 6.89. The molecule has 3 aliphatic rings. The molecule has 1 aliphatic carbocycles. The number of benzene rings is 1. The van der Waals surface area contributed by atoms with Crippen LogP contribution in [0, 0.1) is 11.8 Å². The van der Waals surface area contributed by atoms with Crippen LogP contribution in [-0.2, 0) is 6.42 Å². The van der Waals surface area contributed by atoms with Crippen LogP contribution in [0.5, 0.6) is 0 Å². The first-order valence-corrected chi connectivity index (χ1v) is 8.44. The van der Waals surface area contributed by atoms with Gasteiger partial charge in [-0.15, -0.1) is 0 Å². The topological polar surface area (TPSA) is 15.3 Å². The van der Waals surface area contributed by atoms with Gasteiger partial charge in [0.2, 0.25) is 0 Å². The third-order valence-corrected chi connectivity index (χ3v) is 5.46. The minimum absolute atomic E-state index is 0.697. The summed E-state index contributed by atoms with van der Waals surface area (Å²) in [6, 6.07) is 9.92. The summed E-state index contributed by atoms with van der Waals surface area (Å²) >= 11 is 0. The summed E-state index contributed by atoms with van der Waals surface area (Å²) in [5, 5.41) is 3.53. The lowest BCUT2D eigenvalue weighted by molar-refractivity contribution is 0.106. The number of fused-ring (bicyclic) bond motifs is 1. The van der Waals surface area contributed by atoms with E-state index in [1.54, 1.807) is 11.1 Å². The van der Waals surface area contributed by atoms with E-state index >= 15 is 0 Å².